The molecule has 0 radical (unpaired) electrons. The van der Waals surface area contributed by atoms with Crippen LogP contribution >= 0.6 is 0 Å². The van der Waals surface area contributed by atoms with Crippen LogP contribution in [0.3, 0.4) is 0 Å². The second-order valence-corrected chi connectivity index (χ2v) is 8.50. The first-order valence-corrected chi connectivity index (χ1v) is 10.3. The first kappa shape index (κ1) is 20.5. The number of fused-ring (bicyclic) bond motifs is 1. The Morgan fingerprint density at radius 2 is 1.62 bits per heavy atom. The van der Waals surface area contributed by atoms with Crippen molar-refractivity contribution in [2.75, 3.05) is 19.8 Å². The van der Waals surface area contributed by atoms with Gasteiger partial charge in [-0.05, 0) is 11.1 Å². The molecule has 2 aliphatic rings. The predicted molar refractivity (Wildman–Crippen MR) is 109 cm³/mol. The summed E-state index contributed by atoms with van der Waals surface area (Å²) >= 11 is 0. The van der Waals surface area contributed by atoms with E-state index in [0.29, 0.717) is 32.8 Å². The van der Waals surface area contributed by atoms with E-state index in [9.17, 15) is 10.2 Å². The normalized spacial score (nSPS) is 33.7. The molecule has 4 rings (SSSR count). The molecule has 5 atom stereocenters. The molecule has 0 bridgehead atoms. The molecule has 0 amide bonds. The summed E-state index contributed by atoms with van der Waals surface area (Å²) in [5, 5.41) is 21.0. The van der Waals surface area contributed by atoms with E-state index in [1.165, 1.54) is 0 Å². The molecule has 156 valence electrons. The first-order valence-electron chi connectivity index (χ1n) is 10.3. The maximum absolute atomic E-state index is 10.8. The van der Waals surface area contributed by atoms with Crippen molar-refractivity contribution in [3.8, 4) is 0 Å². The zero-order valence-electron chi connectivity index (χ0n) is 16.9. The third kappa shape index (κ3) is 3.86. The van der Waals surface area contributed by atoms with Gasteiger partial charge in [-0.15, -0.1) is 0 Å². The van der Waals surface area contributed by atoms with Gasteiger partial charge < -0.3 is 24.4 Å². The number of hydrogen-bond acceptors (Lipinski definition) is 5. The van der Waals surface area contributed by atoms with Crippen molar-refractivity contribution in [1.82, 2.24) is 0 Å². The lowest BCUT2D eigenvalue weighted by Gasteiger charge is -2.62. The second-order valence-electron chi connectivity index (χ2n) is 8.50. The Balaban J connectivity index is 1.53. The second kappa shape index (κ2) is 8.54. The average Bonchev–Trinajstić information content (AvgIpc) is 2.75. The Bertz CT molecular complexity index is 782. The summed E-state index contributed by atoms with van der Waals surface area (Å²) in [6.07, 6.45) is -0.399. The van der Waals surface area contributed by atoms with Gasteiger partial charge in [0.2, 0.25) is 0 Å². The molecule has 1 aliphatic carbocycles. The molecule has 2 N–H and O–H groups in total. The van der Waals surface area contributed by atoms with Crippen molar-refractivity contribution in [3.05, 3.63) is 71.8 Å². The molecule has 0 spiro atoms. The topological polar surface area (TPSA) is 68.2 Å². The zero-order chi connectivity index (χ0) is 20.3. The molecule has 0 unspecified atom stereocenters. The third-order valence-electron chi connectivity index (χ3n) is 6.73. The predicted octanol–water partition coefficient (Wildman–Crippen LogP) is 2.94. The molecule has 1 heterocycles. The van der Waals surface area contributed by atoms with Crippen LogP contribution in [0.4, 0.5) is 0 Å². The van der Waals surface area contributed by atoms with Crippen LogP contribution in [-0.2, 0) is 27.4 Å². The van der Waals surface area contributed by atoms with Gasteiger partial charge in [0.15, 0.2) is 0 Å². The van der Waals surface area contributed by atoms with Gasteiger partial charge in [0.1, 0.15) is 5.60 Å². The summed E-state index contributed by atoms with van der Waals surface area (Å²) in [5.41, 5.74) is 0.903. The van der Waals surface area contributed by atoms with Gasteiger partial charge in [0.25, 0.3) is 0 Å². The largest absolute Gasteiger partial charge is 0.396 e. The highest BCUT2D eigenvalue weighted by Crippen LogP contribution is 2.54. The SMILES string of the molecule is C[C@@]1(CO)[C@@H](O)C[C@H]2OC[C@@]2(OCc2ccccc2)[C@H]1COCc1ccccc1. The maximum Gasteiger partial charge on any atom is 0.124 e. The van der Waals surface area contributed by atoms with Crippen LogP contribution in [0.2, 0.25) is 0 Å². The van der Waals surface area contributed by atoms with Crippen LogP contribution in [0.1, 0.15) is 24.5 Å². The van der Waals surface area contributed by atoms with E-state index in [2.05, 4.69) is 0 Å². The molecular weight excluding hydrogens is 368 g/mol. The minimum absolute atomic E-state index is 0.128. The first-order chi connectivity index (χ1) is 14.1. The summed E-state index contributed by atoms with van der Waals surface area (Å²) in [7, 11) is 0. The van der Waals surface area contributed by atoms with Crippen molar-refractivity contribution in [3.63, 3.8) is 0 Å². The summed E-state index contributed by atoms with van der Waals surface area (Å²) in [5.74, 6) is -0.185. The average molecular weight is 398 g/mol. The van der Waals surface area contributed by atoms with E-state index in [0.717, 1.165) is 11.1 Å². The highest BCUT2D eigenvalue weighted by Gasteiger charge is 2.66. The van der Waals surface area contributed by atoms with Crippen molar-refractivity contribution in [2.45, 2.75) is 44.4 Å². The summed E-state index contributed by atoms with van der Waals surface area (Å²) in [6, 6.07) is 20.0. The molecule has 1 saturated heterocycles. The molecular formula is C24H30O5. The summed E-state index contributed by atoms with van der Waals surface area (Å²) in [6.45, 7) is 3.58. The van der Waals surface area contributed by atoms with Crippen LogP contribution in [-0.4, -0.2) is 47.8 Å². The Hall–Kier alpha value is -1.76. The molecule has 2 aromatic carbocycles. The van der Waals surface area contributed by atoms with Crippen LogP contribution in [0.25, 0.3) is 0 Å². The van der Waals surface area contributed by atoms with E-state index in [4.69, 9.17) is 14.2 Å². The van der Waals surface area contributed by atoms with Crippen molar-refractivity contribution in [1.29, 1.82) is 0 Å². The molecule has 1 saturated carbocycles. The lowest BCUT2D eigenvalue weighted by molar-refractivity contribution is -0.346. The van der Waals surface area contributed by atoms with E-state index in [-0.39, 0.29) is 18.6 Å². The fourth-order valence-electron chi connectivity index (χ4n) is 4.66. The van der Waals surface area contributed by atoms with E-state index in [1.54, 1.807) is 0 Å². The number of aliphatic hydroxyl groups is 2. The van der Waals surface area contributed by atoms with Gasteiger partial charge in [-0.1, -0.05) is 67.6 Å². The molecule has 5 heteroatoms. The van der Waals surface area contributed by atoms with Gasteiger partial charge >= 0.3 is 0 Å². The number of hydrogen-bond donors (Lipinski definition) is 2. The highest BCUT2D eigenvalue weighted by atomic mass is 16.6. The monoisotopic (exact) mass is 398 g/mol. The van der Waals surface area contributed by atoms with E-state index in [1.807, 2.05) is 67.6 Å². The third-order valence-corrected chi connectivity index (χ3v) is 6.73. The minimum atomic E-state index is -0.715. The number of ether oxygens (including phenoxy) is 3. The molecule has 5 nitrogen and oxygen atoms in total. The van der Waals surface area contributed by atoms with Gasteiger partial charge in [-0.3, -0.25) is 0 Å². The summed E-state index contributed by atoms with van der Waals surface area (Å²) < 4.78 is 18.4. The molecule has 2 fully saturated rings. The smallest absolute Gasteiger partial charge is 0.124 e. The van der Waals surface area contributed by atoms with Crippen LogP contribution in [0.15, 0.2) is 60.7 Å². The fourth-order valence-corrected chi connectivity index (χ4v) is 4.66. The maximum atomic E-state index is 10.8. The number of rotatable bonds is 8. The fraction of sp³-hybridized carbons (Fsp3) is 0.500. The van der Waals surface area contributed by atoms with E-state index < -0.39 is 17.1 Å². The highest BCUT2D eigenvalue weighted by molar-refractivity contribution is 5.17. The quantitative estimate of drug-likeness (QED) is 0.716. The molecule has 0 aromatic heterocycles. The Kier molecular flexibility index (Phi) is 6.04. The van der Waals surface area contributed by atoms with E-state index >= 15 is 0 Å². The lowest BCUT2D eigenvalue weighted by Crippen LogP contribution is -2.74. The van der Waals surface area contributed by atoms with Crippen molar-refractivity contribution < 1.29 is 24.4 Å². The zero-order valence-corrected chi connectivity index (χ0v) is 16.9. The number of benzene rings is 2. The van der Waals surface area contributed by atoms with Crippen LogP contribution in [0.5, 0.6) is 0 Å². The standard InChI is InChI=1S/C24H30O5/c1-23(16-25)20(15-27-13-18-8-4-2-5-9-18)24(17-28-22(24)12-21(23)26)29-14-19-10-6-3-7-11-19/h2-11,20-22,25-26H,12-17H2,1H3/t20-,21-,22+,23-,24+/m0/s1. The summed E-state index contributed by atoms with van der Waals surface area (Å²) in [4.78, 5) is 0. The Morgan fingerprint density at radius 1 is 1.00 bits per heavy atom. The van der Waals surface area contributed by atoms with Gasteiger partial charge in [0, 0.05) is 17.8 Å². The van der Waals surface area contributed by atoms with Crippen molar-refractivity contribution >= 4 is 0 Å². The molecule has 1 aliphatic heterocycles. The van der Waals surface area contributed by atoms with Gasteiger partial charge in [-0.25, -0.2) is 0 Å². The Labute approximate surface area is 172 Å². The number of aliphatic hydroxyl groups excluding tert-OH is 2. The van der Waals surface area contributed by atoms with Crippen molar-refractivity contribution in [2.24, 2.45) is 11.3 Å². The molecule has 2 aromatic rings. The van der Waals surface area contributed by atoms with Crippen LogP contribution in [0, 0.1) is 11.3 Å². The Morgan fingerprint density at radius 3 is 2.17 bits per heavy atom. The molecule has 29 heavy (non-hydrogen) atoms. The van der Waals surface area contributed by atoms with Crippen LogP contribution < -0.4 is 0 Å². The van der Waals surface area contributed by atoms with Gasteiger partial charge in [0.05, 0.1) is 45.2 Å². The minimum Gasteiger partial charge on any atom is -0.396 e. The van der Waals surface area contributed by atoms with Gasteiger partial charge in [-0.2, -0.15) is 0 Å². The lowest BCUT2D eigenvalue weighted by atomic mass is 9.56.